The Kier molecular flexibility index (Phi) is 5.78. The summed E-state index contributed by atoms with van der Waals surface area (Å²) in [5.41, 5.74) is 2.97. The molecule has 0 amide bonds. The van der Waals surface area contributed by atoms with Gasteiger partial charge in [-0.05, 0) is 56.5 Å². The second-order valence-electron chi connectivity index (χ2n) is 9.46. The Morgan fingerprint density at radius 3 is 2.65 bits per heavy atom. The SMILES string of the molecule is N#Cc1ccnc(N2C[C@@H]3C[C@H](C2)c2ccc(CN4CCCCCCC4)c(=O)n2C3)c1. The van der Waals surface area contributed by atoms with E-state index in [9.17, 15) is 10.1 Å². The molecule has 0 aliphatic carbocycles. The van der Waals surface area contributed by atoms with Gasteiger partial charge in [0.1, 0.15) is 5.82 Å². The van der Waals surface area contributed by atoms with E-state index in [1.165, 1.54) is 37.8 Å². The minimum Gasteiger partial charge on any atom is -0.356 e. The summed E-state index contributed by atoms with van der Waals surface area (Å²) in [5, 5.41) is 9.22. The molecule has 2 saturated heterocycles. The first-order chi connectivity index (χ1) is 15.2. The maximum absolute atomic E-state index is 13.4. The van der Waals surface area contributed by atoms with Gasteiger partial charge in [0, 0.05) is 49.6 Å². The number of hydrogen-bond acceptors (Lipinski definition) is 5. The van der Waals surface area contributed by atoms with Gasteiger partial charge in [0.25, 0.3) is 5.56 Å². The zero-order valence-electron chi connectivity index (χ0n) is 18.2. The molecule has 5 rings (SSSR count). The lowest BCUT2D eigenvalue weighted by Gasteiger charge is -2.43. The van der Waals surface area contributed by atoms with Crippen molar-refractivity contribution >= 4 is 5.82 Å². The molecule has 0 N–H and O–H groups in total. The molecule has 5 heterocycles. The third-order valence-electron chi connectivity index (χ3n) is 7.22. The van der Waals surface area contributed by atoms with Crippen LogP contribution in [0.15, 0.2) is 35.3 Å². The van der Waals surface area contributed by atoms with Crippen molar-refractivity contribution in [1.82, 2.24) is 14.5 Å². The van der Waals surface area contributed by atoms with Crippen LogP contribution in [0, 0.1) is 17.2 Å². The Hall–Kier alpha value is -2.65. The van der Waals surface area contributed by atoms with E-state index in [1.54, 1.807) is 12.3 Å². The quantitative estimate of drug-likeness (QED) is 0.765. The van der Waals surface area contributed by atoms with Crippen molar-refractivity contribution in [2.75, 3.05) is 31.1 Å². The van der Waals surface area contributed by atoms with Gasteiger partial charge in [-0.2, -0.15) is 5.26 Å². The van der Waals surface area contributed by atoms with Crippen molar-refractivity contribution in [2.24, 2.45) is 5.92 Å². The molecule has 3 aliphatic heterocycles. The van der Waals surface area contributed by atoms with Gasteiger partial charge in [-0.3, -0.25) is 9.69 Å². The number of aromatic nitrogens is 2. The summed E-state index contributed by atoms with van der Waals surface area (Å²) in [6, 6.07) is 10.1. The van der Waals surface area contributed by atoms with Gasteiger partial charge in [0.15, 0.2) is 0 Å². The predicted octanol–water partition coefficient (Wildman–Crippen LogP) is 3.50. The van der Waals surface area contributed by atoms with Crippen LogP contribution >= 0.6 is 0 Å². The zero-order valence-corrected chi connectivity index (χ0v) is 18.2. The zero-order chi connectivity index (χ0) is 21.2. The normalized spacial score (nSPS) is 24.0. The molecular formula is C25H31N5O. The largest absolute Gasteiger partial charge is 0.356 e. The maximum atomic E-state index is 13.4. The second kappa shape index (κ2) is 8.84. The molecule has 0 saturated carbocycles. The Bertz CT molecular complexity index is 1030. The third-order valence-corrected chi connectivity index (χ3v) is 7.22. The number of nitrogens with zero attached hydrogens (tertiary/aromatic N) is 5. The molecule has 2 atom stereocenters. The van der Waals surface area contributed by atoms with Crippen LogP contribution in [-0.2, 0) is 13.1 Å². The van der Waals surface area contributed by atoms with E-state index in [-0.39, 0.29) is 5.56 Å². The molecule has 162 valence electrons. The average Bonchev–Trinajstić information content (AvgIpc) is 2.77. The van der Waals surface area contributed by atoms with Crippen LogP contribution in [0.2, 0.25) is 0 Å². The summed E-state index contributed by atoms with van der Waals surface area (Å²) < 4.78 is 2.06. The molecule has 2 aromatic rings. The Balaban J connectivity index is 1.36. The van der Waals surface area contributed by atoms with Crippen molar-refractivity contribution in [1.29, 1.82) is 5.26 Å². The monoisotopic (exact) mass is 417 g/mol. The van der Waals surface area contributed by atoms with E-state index < -0.39 is 0 Å². The first-order valence-corrected chi connectivity index (χ1v) is 11.8. The lowest BCUT2D eigenvalue weighted by Crippen LogP contribution is -2.48. The first-order valence-electron chi connectivity index (χ1n) is 11.8. The number of nitriles is 1. The highest BCUT2D eigenvalue weighted by Gasteiger charge is 2.35. The Labute approximate surface area is 184 Å². The predicted molar refractivity (Wildman–Crippen MR) is 121 cm³/mol. The van der Waals surface area contributed by atoms with Crippen molar-refractivity contribution in [3.05, 3.63) is 57.6 Å². The molecule has 0 unspecified atom stereocenters. The fraction of sp³-hybridized carbons (Fsp3) is 0.560. The highest BCUT2D eigenvalue weighted by atomic mass is 16.1. The number of piperidine rings is 1. The van der Waals surface area contributed by atoms with Gasteiger partial charge >= 0.3 is 0 Å². The highest BCUT2D eigenvalue weighted by molar-refractivity contribution is 5.46. The fourth-order valence-electron chi connectivity index (χ4n) is 5.67. The van der Waals surface area contributed by atoms with E-state index in [1.807, 2.05) is 6.07 Å². The van der Waals surface area contributed by atoms with E-state index >= 15 is 0 Å². The minimum absolute atomic E-state index is 0.215. The number of hydrogen-bond donors (Lipinski definition) is 0. The first kappa shape index (κ1) is 20.3. The van der Waals surface area contributed by atoms with Crippen LogP contribution in [-0.4, -0.2) is 40.6 Å². The van der Waals surface area contributed by atoms with E-state index in [4.69, 9.17) is 0 Å². The lowest BCUT2D eigenvalue weighted by atomic mass is 9.83. The summed E-state index contributed by atoms with van der Waals surface area (Å²) in [7, 11) is 0. The standard InChI is InChI=1S/C25H31N5O/c26-14-19-8-9-27-24(13-19)29-15-20-12-22(18-29)23-7-6-21(25(31)30(23)16-20)17-28-10-4-2-1-3-5-11-28/h6-9,13,20,22H,1-5,10-12,15-18H2/t20-,22+/m0/s1. The van der Waals surface area contributed by atoms with Gasteiger partial charge in [-0.15, -0.1) is 0 Å². The molecule has 2 fully saturated rings. The molecule has 0 aromatic carbocycles. The van der Waals surface area contributed by atoms with Crippen LogP contribution in [0.5, 0.6) is 0 Å². The molecule has 6 heteroatoms. The smallest absolute Gasteiger partial charge is 0.255 e. The van der Waals surface area contributed by atoms with Crippen LogP contribution in [0.4, 0.5) is 5.82 Å². The molecular weight excluding hydrogens is 386 g/mol. The van der Waals surface area contributed by atoms with Gasteiger partial charge < -0.3 is 9.47 Å². The highest BCUT2D eigenvalue weighted by Crippen LogP contribution is 2.36. The molecule has 2 bridgehead atoms. The molecule has 31 heavy (non-hydrogen) atoms. The van der Waals surface area contributed by atoms with Gasteiger partial charge in [0.2, 0.25) is 0 Å². The molecule has 6 nitrogen and oxygen atoms in total. The van der Waals surface area contributed by atoms with Gasteiger partial charge in [-0.25, -0.2) is 4.98 Å². The molecule has 3 aliphatic rings. The molecule has 0 radical (unpaired) electrons. The van der Waals surface area contributed by atoms with Crippen LogP contribution in [0.3, 0.4) is 0 Å². The average molecular weight is 418 g/mol. The van der Waals surface area contributed by atoms with Crippen LogP contribution in [0.25, 0.3) is 0 Å². The topological polar surface area (TPSA) is 65.2 Å². The number of fused-ring (bicyclic) bond motifs is 4. The lowest BCUT2D eigenvalue weighted by molar-refractivity contribution is 0.236. The van der Waals surface area contributed by atoms with Crippen molar-refractivity contribution in [3.63, 3.8) is 0 Å². The Morgan fingerprint density at radius 2 is 1.84 bits per heavy atom. The van der Waals surface area contributed by atoms with Crippen LogP contribution < -0.4 is 10.5 Å². The number of likely N-dealkylation sites (tertiary alicyclic amines) is 1. The van der Waals surface area contributed by atoms with E-state index in [2.05, 4.69) is 37.6 Å². The summed E-state index contributed by atoms with van der Waals surface area (Å²) >= 11 is 0. The van der Waals surface area contributed by atoms with Gasteiger partial charge in [-0.1, -0.05) is 25.3 Å². The number of anilines is 1. The summed E-state index contributed by atoms with van der Waals surface area (Å²) in [6.07, 6.45) is 9.30. The number of pyridine rings is 2. The summed E-state index contributed by atoms with van der Waals surface area (Å²) in [4.78, 5) is 22.7. The Morgan fingerprint density at radius 1 is 1.03 bits per heavy atom. The minimum atomic E-state index is 0.215. The maximum Gasteiger partial charge on any atom is 0.255 e. The van der Waals surface area contributed by atoms with Gasteiger partial charge in [0.05, 0.1) is 11.6 Å². The van der Waals surface area contributed by atoms with E-state index in [0.29, 0.717) is 17.4 Å². The summed E-state index contributed by atoms with van der Waals surface area (Å²) in [5.74, 6) is 1.65. The number of rotatable bonds is 3. The van der Waals surface area contributed by atoms with Crippen LogP contribution in [0.1, 0.15) is 61.3 Å². The molecule has 2 aromatic heterocycles. The van der Waals surface area contributed by atoms with Crippen molar-refractivity contribution in [3.8, 4) is 6.07 Å². The third kappa shape index (κ3) is 4.24. The van der Waals surface area contributed by atoms with E-state index in [0.717, 1.165) is 57.1 Å². The van der Waals surface area contributed by atoms with Crippen molar-refractivity contribution < 1.29 is 0 Å². The molecule has 0 spiro atoms. The second-order valence-corrected chi connectivity index (χ2v) is 9.46. The summed E-state index contributed by atoms with van der Waals surface area (Å²) in [6.45, 7) is 5.52. The fourth-order valence-corrected chi connectivity index (χ4v) is 5.67. The van der Waals surface area contributed by atoms with Crippen molar-refractivity contribution in [2.45, 2.75) is 57.5 Å².